The van der Waals surface area contributed by atoms with Gasteiger partial charge in [0, 0.05) is 19.2 Å². The third-order valence-corrected chi connectivity index (χ3v) is 3.19. The van der Waals surface area contributed by atoms with Crippen LogP contribution in [0, 0.1) is 5.82 Å². The summed E-state index contributed by atoms with van der Waals surface area (Å²) in [6.07, 6.45) is 0.377. The minimum atomic E-state index is -0.817. The number of carbonyl (C=O) groups excluding carboxylic acids is 3. The van der Waals surface area contributed by atoms with Gasteiger partial charge in [-0.15, -0.1) is 0 Å². The number of hydrogen-bond donors (Lipinski definition) is 2. The number of rotatable bonds is 2. The molecule has 1 saturated heterocycles. The lowest BCUT2D eigenvalue weighted by Crippen LogP contribution is -2.53. The van der Waals surface area contributed by atoms with Crippen LogP contribution in [-0.4, -0.2) is 35.7 Å². The summed E-state index contributed by atoms with van der Waals surface area (Å²) >= 11 is 0. The Bertz CT molecular complexity index is 588. The topological polar surface area (TPSA) is 92.5 Å². The molecule has 1 aliphatic rings. The Morgan fingerprint density at radius 1 is 1.45 bits per heavy atom. The Hall–Kier alpha value is -2.44. The third-order valence-electron chi connectivity index (χ3n) is 3.19. The molecule has 1 atom stereocenters. The highest BCUT2D eigenvalue weighted by atomic mass is 19.1. The quantitative estimate of drug-likeness (QED) is 0.601. The zero-order valence-corrected chi connectivity index (χ0v) is 10.9. The standard InChI is InChI=1S/C13H14FN3O3/c1-17-11(18)5-4-10(13(17)20)16-12(19)8-3-2-7(15)6-9(8)14/h2-3,6,10H,4-5,15H2,1H3,(H,16,19). The molecule has 3 amide bonds. The van der Waals surface area contributed by atoms with E-state index < -0.39 is 23.7 Å². The van der Waals surface area contributed by atoms with Crippen molar-refractivity contribution in [3.63, 3.8) is 0 Å². The zero-order valence-electron chi connectivity index (χ0n) is 10.9. The molecule has 0 radical (unpaired) electrons. The second-order valence-corrected chi connectivity index (χ2v) is 4.59. The molecule has 1 unspecified atom stereocenters. The van der Waals surface area contributed by atoms with Gasteiger partial charge in [0.1, 0.15) is 11.9 Å². The molecule has 2 rings (SSSR count). The van der Waals surface area contributed by atoms with Crippen molar-refractivity contribution in [2.24, 2.45) is 0 Å². The molecule has 6 nitrogen and oxygen atoms in total. The van der Waals surface area contributed by atoms with E-state index in [1.807, 2.05) is 0 Å². The van der Waals surface area contributed by atoms with E-state index in [-0.39, 0.29) is 30.0 Å². The average molecular weight is 279 g/mol. The fraction of sp³-hybridized carbons (Fsp3) is 0.308. The molecule has 7 heteroatoms. The first-order chi connectivity index (χ1) is 9.40. The molecular weight excluding hydrogens is 265 g/mol. The second-order valence-electron chi connectivity index (χ2n) is 4.59. The number of nitrogens with zero attached hydrogens (tertiary/aromatic N) is 1. The predicted molar refractivity (Wildman–Crippen MR) is 69.1 cm³/mol. The number of imide groups is 1. The molecule has 1 heterocycles. The summed E-state index contributed by atoms with van der Waals surface area (Å²) in [6.45, 7) is 0. The van der Waals surface area contributed by atoms with Crippen LogP contribution in [0.15, 0.2) is 18.2 Å². The van der Waals surface area contributed by atoms with E-state index in [2.05, 4.69) is 5.32 Å². The van der Waals surface area contributed by atoms with Crippen LogP contribution in [0.25, 0.3) is 0 Å². The monoisotopic (exact) mass is 279 g/mol. The number of nitrogen functional groups attached to an aromatic ring is 1. The SMILES string of the molecule is CN1C(=O)CCC(NC(=O)c2ccc(N)cc2F)C1=O. The molecule has 0 bridgehead atoms. The van der Waals surface area contributed by atoms with E-state index >= 15 is 0 Å². The molecule has 1 fully saturated rings. The normalized spacial score (nSPS) is 19.1. The summed E-state index contributed by atoms with van der Waals surface area (Å²) < 4.78 is 13.6. The van der Waals surface area contributed by atoms with Gasteiger partial charge < -0.3 is 11.1 Å². The van der Waals surface area contributed by atoms with E-state index in [0.717, 1.165) is 11.0 Å². The lowest BCUT2D eigenvalue weighted by atomic mass is 10.0. The number of benzene rings is 1. The van der Waals surface area contributed by atoms with Crippen LogP contribution in [0.2, 0.25) is 0 Å². The van der Waals surface area contributed by atoms with E-state index in [4.69, 9.17) is 5.73 Å². The van der Waals surface area contributed by atoms with Crippen molar-refractivity contribution in [3.8, 4) is 0 Å². The van der Waals surface area contributed by atoms with Gasteiger partial charge in [-0.3, -0.25) is 19.3 Å². The van der Waals surface area contributed by atoms with Crippen molar-refractivity contribution in [1.29, 1.82) is 0 Å². The lowest BCUT2D eigenvalue weighted by Gasteiger charge is -2.28. The van der Waals surface area contributed by atoms with E-state index in [0.29, 0.717) is 0 Å². The summed E-state index contributed by atoms with van der Waals surface area (Å²) in [7, 11) is 1.35. The zero-order chi connectivity index (χ0) is 14.9. The second kappa shape index (κ2) is 5.28. The van der Waals surface area contributed by atoms with Crippen molar-refractivity contribution in [2.45, 2.75) is 18.9 Å². The average Bonchev–Trinajstić information content (AvgIpc) is 2.39. The summed E-state index contributed by atoms with van der Waals surface area (Å²) in [4.78, 5) is 36.0. The van der Waals surface area contributed by atoms with Gasteiger partial charge >= 0.3 is 0 Å². The summed E-state index contributed by atoms with van der Waals surface area (Å²) in [6, 6.07) is 2.87. The Balaban J connectivity index is 2.12. The van der Waals surface area contributed by atoms with Crippen LogP contribution >= 0.6 is 0 Å². The van der Waals surface area contributed by atoms with Crippen molar-refractivity contribution in [3.05, 3.63) is 29.6 Å². The van der Waals surface area contributed by atoms with E-state index in [1.165, 1.54) is 19.2 Å². The minimum Gasteiger partial charge on any atom is -0.399 e. The smallest absolute Gasteiger partial charge is 0.254 e. The van der Waals surface area contributed by atoms with Crippen LogP contribution in [0.3, 0.4) is 0 Å². The molecule has 106 valence electrons. The van der Waals surface area contributed by atoms with Crippen LogP contribution in [0.5, 0.6) is 0 Å². The molecule has 1 aromatic carbocycles. The highest BCUT2D eigenvalue weighted by Gasteiger charge is 2.33. The Morgan fingerprint density at radius 2 is 2.15 bits per heavy atom. The number of nitrogens with two attached hydrogens (primary N) is 1. The van der Waals surface area contributed by atoms with Crippen LogP contribution < -0.4 is 11.1 Å². The summed E-state index contributed by atoms with van der Waals surface area (Å²) in [5.41, 5.74) is 5.42. The number of nitrogens with one attached hydrogen (secondary N) is 1. The number of anilines is 1. The molecule has 3 N–H and O–H groups in total. The molecule has 0 spiro atoms. The predicted octanol–water partition coefficient (Wildman–Crippen LogP) is 0.285. The summed E-state index contributed by atoms with van der Waals surface area (Å²) in [5, 5.41) is 2.43. The number of halogens is 1. The minimum absolute atomic E-state index is 0.164. The van der Waals surface area contributed by atoms with E-state index in [9.17, 15) is 18.8 Å². The first kappa shape index (κ1) is 14.0. The Labute approximate surface area is 114 Å². The Morgan fingerprint density at radius 3 is 2.80 bits per heavy atom. The van der Waals surface area contributed by atoms with Crippen LogP contribution in [0.1, 0.15) is 23.2 Å². The highest BCUT2D eigenvalue weighted by molar-refractivity contribution is 6.03. The molecule has 1 aromatic rings. The molecule has 20 heavy (non-hydrogen) atoms. The molecule has 0 aromatic heterocycles. The molecule has 1 aliphatic heterocycles. The van der Waals surface area contributed by atoms with Gasteiger partial charge in [0.15, 0.2) is 0 Å². The number of likely N-dealkylation sites (N-methyl/N-ethyl adjacent to an activating group) is 1. The van der Waals surface area contributed by atoms with Gasteiger partial charge in [0.05, 0.1) is 5.56 Å². The van der Waals surface area contributed by atoms with Crippen molar-refractivity contribution < 1.29 is 18.8 Å². The maximum atomic E-state index is 13.6. The fourth-order valence-electron chi connectivity index (χ4n) is 2.00. The first-order valence-electron chi connectivity index (χ1n) is 6.06. The maximum absolute atomic E-state index is 13.6. The van der Waals surface area contributed by atoms with Crippen LogP contribution in [-0.2, 0) is 9.59 Å². The summed E-state index contributed by atoms with van der Waals surface area (Å²) in [5.74, 6) is -2.25. The van der Waals surface area contributed by atoms with Gasteiger partial charge in [-0.05, 0) is 24.6 Å². The number of piperidine rings is 1. The van der Waals surface area contributed by atoms with Crippen molar-refractivity contribution in [1.82, 2.24) is 10.2 Å². The largest absolute Gasteiger partial charge is 0.399 e. The van der Waals surface area contributed by atoms with Gasteiger partial charge in [0.2, 0.25) is 5.91 Å². The van der Waals surface area contributed by atoms with Crippen molar-refractivity contribution >= 4 is 23.4 Å². The van der Waals surface area contributed by atoms with Gasteiger partial charge in [-0.25, -0.2) is 4.39 Å². The first-order valence-corrected chi connectivity index (χ1v) is 6.06. The van der Waals surface area contributed by atoms with Crippen LogP contribution in [0.4, 0.5) is 10.1 Å². The van der Waals surface area contributed by atoms with E-state index in [1.54, 1.807) is 0 Å². The molecule has 0 saturated carbocycles. The number of likely N-dealkylation sites (tertiary alicyclic amines) is 1. The number of hydrogen-bond acceptors (Lipinski definition) is 4. The van der Waals surface area contributed by atoms with Gasteiger partial charge in [-0.1, -0.05) is 0 Å². The fourth-order valence-corrected chi connectivity index (χ4v) is 2.00. The lowest BCUT2D eigenvalue weighted by molar-refractivity contribution is -0.147. The molecule has 0 aliphatic carbocycles. The maximum Gasteiger partial charge on any atom is 0.254 e. The molecular formula is C13H14FN3O3. The van der Waals surface area contributed by atoms with Gasteiger partial charge in [-0.2, -0.15) is 0 Å². The number of amides is 3. The van der Waals surface area contributed by atoms with Crippen molar-refractivity contribution in [2.75, 3.05) is 12.8 Å². The Kier molecular flexibility index (Phi) is 3.69. The number of carbonyl (C=O) groups is 3. The third kappa shape index (κ3) is 2.61. The van der Waals surface area contributed by atoms with Gasteiger partial charge in [0.25, 0.3) is 11.8 Å². The highest BCUT2D eigenvalue weighted by Crippen LogP contribution is 2.15.